The summed E-state index contributed by atoms with van der Waals surface area (Å²) in [5, 5.41) is 3.12. The molecule has 5 rings (SSSR count). The summed E-state index contributed by atoms with van der Waals surface area (Å²) < 4.78 is 5.93. The van der Waals surface area contributed by atoms with Crippen LogP contribution in [0.25, 0.3) is 0 Å². The summed E-state index contributed by atoms with van der Waals surface area (Å²) in [5.41, 5.74) is 0.383. The summed E-state index contributed by atoms with van der Waals surface area (Å²) >= 11 is 3.24. The number of rotatable bonds is 3. The Morgan fingerprint density at radius 3 is 2.30 bits per heavy atom. The quantitative estimate of drug-likeness (QED) is 0.906. The normalized spacial score (nSPS) is 38.1. The highest BCUT2D eigenvalue weighted by atomic mass is 79.9. The van der Waals surface area contributed by atoms with Crippen LogP contribution in [0, 0.1) is 23.2 Å². The maximum absolute atomic E-state index is 12.1. The number of amides is 1. The molecule has 4 fully saturated rings. The van der Waals surface area contributed by atoms with Crippen LogP contribution >= 0.6 is 15.9 Å². The highest BCUT2D eigenvalue weighted by Crippen LogP contribution is 2.59. The Morgan fingerprint density at radius 1 is 1.20 bits per heavy atom. The zero-order valence-corrected chi connectivity index (χ0v) is 13.1. The van der Waals surface area contributed by atoms with Crippen molar-refractivity contribution >= 4 is 21.8 Å². The first kappa shape index (κ1) is 12.9. The predicted octanol–water partition coefficient (Wildman–Crippen LogP) is 3.99. The maximum atomic E-state index is 12.1. The minimum absolute atomic E-state index is 0.0774. The lowest BCUT2D eigenvalue weighted by atomic mass is 9.49. The van der Waals surface area contributed by atoms with Gasteiger partial charge in [-0.25, -0.2) is 0 Å². The molecule has 0 aliphatic heterocycles. The molecule has 0 atom stereocenters. The zero-order chi connectivity index (χ0) is 13.7. The molecule has 0 radical (unpaired) electrons. The molecule has 20 heavy (non-hydrogen) atoms. The third-order valence-corrected chi connectivity index (χ3v) is 6.01. The molecule has 1 heterocycles. The van der Waals surface area contributed by atoms with Gasteiger partial charge in [0, 0.05) is 6.54 Å². The van der Waals surface area contributed by atoms with E-state index in [1.807, 2.05) is 0 Å². The molecule has 108 valence electrons. The topological polar surface area (TPSA) is 42.2 Å². The van der Waals surface area contributed by atoms with E-state index >= 15 is 0 Å². The van der Waals surface area contributed by atoms with Gasteiger partial charge >= 0.3 is 0 Å². The standard InChI is InChI=1S/C16H20BrNO2/c17-14-2-1-13(20-14)15(19)18-9-16-6-10-3-11(7-16)5-12(4-10)8-16/h1-2,10-12H,3-9H2,(H,18,19). The third kappa shape index (κ3) is 2.22. The number of nitrogens with one attached hydrogen (secondary N) is 1. The number of hydrogen-bond acceptors (Lipinski definition) is 2. The average Bonchev–Trinajstić information content (AvgIpc) is 2.81. The fourth-order valence-corrected chi connectivity index (χ4v) is 5.60. The van der Waals surface area contributed by atoms with E-state index in [0.29, 0.717) is 15.8 Å². The second kappa shape index (κ2) is 4.62. The molecule has 0 unspecified atom stereocenters. The molecule has 0 aromatic carbocycles. The molecule has 4 aliphatic rings. The van der Waals surface area contributed by atoms with E-state index in [1.165, 1.54) is 38.5 Å². The van der Waals surface area contributed by atoms with Crippen LogP contribution in [0.15, 0.2) is 21.2 Å². The lowest BCUT2D eigenvalue weighted by molar-refractivity contribution is -0.0504. The van der Waals surface area contributed by atoms with Crippen LogP contribution in [-0.2, 0) is 0 Å². The van der Waals surface area contributed by atoms with E-state index < -0.39 is 0 Å². The number of carbonyl (C=O) groups excluding carboxylic acids is 1. The van der Waals surface area contributed by atoms with E-state index in [2.05, 4.69) is 21.2 Å². The van der Waals surface area contributed by atoms with Crippen molar-refractivity contribution in [3.05, 3.63) is 22.6 Å². The Hall–Kier alpha value is -0.770. The molecule has 1 amide bonds. The maximum Gasteiger partial charge on any atom is 0.287 e. The second-order valence-electron chi connectivity index (χ2n) is 7.20. The van der Waals surface area contributed by atoms with Gasteiger partial charge in [-0.3, -0.25) is 4.79 Å². The van der Waals surface area contributed by atoms with Gasteiger partial charge in [0.15, 0.2) is 10.4 Å². The van der Waals surface area contributed by atoms with Crippen LogP contribution in [0.4, 0.5) is 0 Å². The van der Waals surface area contributed by atoms with Crippen molar-refractivity contribution in [2.24, 2.45) is 23.2 Å². The van der Waals surface area contributed by atoms with Gasteiger partial charge in [0.1, 0.15) is 0 Å². The smallest absolute Gasteiger partial charge is 0.287 e. The first-order valence-electron chi connectivity index (χ1n) is 7.65. The lowest BCUT2D eigenvalue weighted by Crippen LogP contribution is -2.51. The van der Waals surface area contributed by atoms with Gasteiger partial charge in [0.25, 0.3) is 5.91 Å². The van der Waals surface area contributed by atoms with Crippen molar-refractivity contribution in [3.63, 3.8) is 0 Å². The van der Waals surface area contributed by atoms with Gasteiger partial charge in [-0.15, -0.1) is 0 Å². The highest BCUT2D eigenvalue weighted by Gasteiger charge is 2.50. The van der Waals surface area contributed by atoms with Crippen LogP contribution in [0.1, 0.15) is 49.1 Å². The van der Waals surface area contributed by atoms with Crippen LogP contribution in [-0.4, -0.2) is 12.5 Å². The lowest BCUT2D eigenvalue weighted by Gasteiger charge is -2.56. The van der Waals surface area contributed by atoms with Gasteiger partial charge < -0.3 is 9.73 Å². The van der Waals surface area contributed by atoms with E-state index in [-0.39, 0.29) is 5.91 Å². The summed E-state index contributed by atoms with van der Waals surface area (Å²) in [4.78, 5) is 12.1. The van der Waals surface area contributed by atoms with Gasteiger partial charge in [0.05, 0.1) is 0 Å². The van der Waals surface area contributed by atoms with Crippen LogP contribution < -0.4 is 5.32 Å². The fraction of sp³-hybridized carbons (Fsp3) is 0.688. The van der Waals surface area contributed by atoms with Crippen molar-refractivity contribution < 1.29 is 9.21 Å². The number of halogens is 1. The van der Waals surface area contributed by atoms with Crippen molar-refractivity contribution in [2.75, 3.05) is 6.54 Å². The molecule has 1 aromatic heterocycles. The molecular weight excluding hydrogens is 318 g/mol. The Morgan fingerprint density at radius 2 is 1.80 bits per heavy atom. The SMILES string of the molecule is O=C(NCC12CC3CC(CC(C3)C1)C2)c1ccc(Br)o1. The molecule has 1 aromatic rings. The summed E-state index contributed by atoms with van der Waals surface area (Å²) in [7, 11) is 0. The fourth-order valence-electron chi connectivity index (χ4n) is 5.30. The van der Waals surface area contributed by atoms with Crippen molar-refractivity contribution in [3.8, 4) is 0 Å². The van der Waals surface area contributed by atoms with Gasteiger partial charge in [-0.05, 0) is 89.8 Å². The highest BCUT2D eigenvalue weighted by molar-refractivity contribution is 9.10. The molecular formula is C16H20BrNO2. The Kier molecular flexibility index (Phi) is 2.99. The van der Waals surface area contributed by atoms with Crippen molar-refractivity contribution in [2.45, 2.75) is 38.5 Å². The summed E-state index contributed by atoms with van der Waals surface area (Å²) in [6, 6.07) is 3.48. The molecule has 4 heteroatoms. The number of furan rings is 1. The van der Waals surface area contributed by atoms with Crippen LogP contribution in [0.3, 0.4) is 0 Å². The van der Waals surface area contributed by atoms with E-state index in [4.69, 9.17) is 4.42 Å². The summed E-state index contributed by atoms with van der Waals surface area (Å²) in [6.45, 7) is 0.827. The summed E-state index contributed by atoms with van der Waals surface area (Å²) in [6.07, 6.45) is 8.29. The van der Waals surface area contributed by atoms with Gasteiger partial charge in [-0.1, -0.05) is 0 Å². The first-order valence-corrected chi connectivity index (χ1v) is 8.45. The monoisotopic (exact) mass is 337 g/mol. The predicted molar refractivity (Wildman–Crippen MR) is 79.3 cm³/mol. The minimum Gasteiger partial charge on any atom is -0.444 e. The van der Waals surface area contributed by atoms with E-state index in [1.54, 1.807) is 12.1 Å². The second-order valence-corrected chi connectivity index (χ2v) is 7.99. The van der Waals surface area contributed by atoms with Gasteiger partial charge in [-0.2, -0.15) is 0 Å². The largest absolute Gasteiger partial charge is 0.444 e. The summed E-state index contributed by atoms with van der Waals surface area (Å²) in [5.74, 6) is 3.11. The Balaban J connectivity index is 1.43. The molecule has 0 saturated heterocycles. The van der Waals surface area contributed by atoms with Crippen molar-refractivity contribution in [1.29, 1.82) is 0 Å². The average molecular weight is 338 g/mol. The first-order chi connectivity index (χ1) is 9.62. The number of carbonyl (C=O) groups is 1. The molecule has 4 bridgehead atoms. The minimum atomic E-state index is -0.0774. The molecule has 4 aliphatic carbocycles. The molecule has 1 N–H and O–H groups in total. The zero-order valence-electron chi connectivity index (χ0n) is 11.5. The van der Waals surface area contributed by atoms with E-state index in [9.17, 15) is 4.79 Å². The number of hydrogen-bond donors (Lipinski definition) is 1. The molecule has 4 saturated carbocycles. The Labute approximate surface area is 127 Å². The van der Waals surface area contributed by atoms with Crippen LogP contribution in [0.5, 0.6) is 0 Å². The third-order valence-electron chi connectivity index (χ3n) is 5.59. The van der Waals surface area contributed by atoms with Gasteiger partial charge in [0.2, 0.25) is 0 Å². The van der Waals surface area contributed by atoms with E-state index in [0.717, 1.165) is 24.3 Å². The molecule has 0 spiro atoms. The molecule has 3 nitrogen and oxygen atoms in total. The van der Waals surface area contributed by atoms with Crippen molar-refractivity contribution in [1.82, 2.24) is 5.32 Å². The van der Waals surface area contributed by atoms with Crippen LogP contribution in [0.2, 0.25) is 0 Å². The Bertz CT molecular complexity index is 501.